The standard InChI is InChI=1S/C12H17N3S/c13-12(15-10-6-7-10)14-8-9-16-11-4-2-1-3-5-11/h1-5,10H,6-9H2,(H3,13,14,15). The van der Waals surface area contributed by atoms with Crippen LogP contribution in [0.25, 0.3) is 0 Å². The highest BCUT2D eigenvalue weighted by atomic mass is 32.2. The molecule has 1 aliphatic rings. The molecule has 1 aliphatic carbocycles. The van der Waals surface area contributed by atoms with E-state index in [2.05, 4.69) is 34.6 Å². The SMILES string of the molecule is NC(=NCCSc1ccccc1)NC1CC1. The molecule has 1 aromatic rings. The van der Waals surface area contributed by atoms with Crippen LogP contribution in [0.15, 0.2) is 40.2 Å². The molecular weight excluding hydrogens is 218 g/mol. The fraction of sp³-hybridized carbons (Fsp3) is 0.417. The molecule has 2 rings (SSSR count). The highest BCUT2D eigenvalue weighted by molar-refractivity contribution is 7.99. The molecule has 1 saturated carbocycles. The van der Waals surface area contributed by atoms with E-state index in [-0.39, 0.29) is 0 Å². The second-order valence-corrected chi connectivity index (χ2v) is 5.02. The number of nitrogens with one attached hydrogen (secondary N) is 1. The van der Waals surface area contributed by atoms with E-state index in [4.69, 9.17) is 5.73 Å². The van der Waals surface area contributed by atoms with Crippen LogP contribution in [0.5, 0.6) is 0 Å². The third-order valence-electron chi connectivity index (χ3n) is 2.31. The molecule has 1 fully saturated rings. The van der Waals surface area contributed by atoms with Gasteiger partial charge in [-0.05, 0) is 25.0 Å². The first-order chi connectivity index (χ1) is 7.84. The van der Waals surface area contributed by atoms with Crippen molar-refractivity contribution >= 4 is 17.7 Å². The van der Waals surface area contributed by atoms with Crippen molar-refractivity contribution in [1.29, 1.82) is 0 Å². The number of aliphatic imine (C=N–C) groups is 1. The van der Waals surface area contributed by atoms with E-state index in [0.29, 0.717) is 12.0 Å². The number of guanidine groups is 1. The topological polar surface area (TPSA) is 50.4 Å². The number of hydrogen-bond acceptors (Lipinski definition) is 2. The zero-order valence-electron chi connectivity index (χ0n) is 9.23. The highest BCUT2D eigenvalue weighted by Gasteiger charge is 2.21. The molecule has 0 atom stereocenters. The van der Waals surface area contributed by atoms with E-state index >= 15 is 0 Å². The van der Waals surface area contributed by atoms with Gasteiger partial charge in [-0.1, -0.05) is 18.2 Å². The van der Waals surface area contributed by atoms with Crippen LogP contribution in [0.4, 0.5) is 0 Å². The molecule has 0 saturated heterocycles. The van der Waals surface area contributed by atoms with Gasteiger partial charge in [-0.25, -0.2) is 0 Å². The lowest BCUT2D eigenvalue weighted by Gasteiger charge is -2.03. The first-order valence-electron chi connectivity index (χ1n) is 5.59. The molecule has 0 bridgehead atoms. The van der Waals surface area contributed by atoms with Crippen molar-refractivity contribution in [2.75, 3.05) is 12.3 Å². The summed E-state index contributed by atoms with van der Waals surface area (Å²) in [6.07, 6.45) is 2.46. The van der Waals surface area contributed by atoms with Crippen molar-refractivity contribution in [3.8, 4) is 0 Å². The maximum Gasteiger partial charge on any atom is 0.188 e. The van der Waals surface area contributed by atoms with Gasteiger partial charge in [-0.15, -0.1) is 11.8 Å². The number of thioether (sulfide) groups is 1. The Bertz CT molecular complexity index is 347. The average molecular weight is 235 g/mol. The van der Waals surface area contributed by atoms with Crippen LogP contribution in [0, 0.1) is 0 Å². The van der Waals surface area contributed by atoms with Crippen molar-refractivity contribution in [3.05, 3.63) is 30.3 Å². The van der Waals surface area contributed by atoms with Crippen molar-refractivity contribution in [3.63, 3.8) is 0 Å². The van der Waals surface area contributed by atoms with Gasteiger partial charge in [0.15, 0.2) is 5.96 Å². The average Bonchev–Trinajstić information content (AvgIpc) is 3.10. The van der Waals surface area contributed by atoms with Gasteiger partial charge in [-0.2, -0.15) is 0 Å². The maximum absolute atomic E-state index is 5.72. The van der Waals surface area contributed by atoms with E-state index in [1.807, 2.05) is 6.07 Å². The van der Waals surface area contributed by atoms with Gasteiger partial charge in [-0.3, -0.25) is 4.99 Å². The Hall–Kier alpha value is -1.16. The van der Waals surface area contributed by atoms with E-state index in [0.717, 1.165) is 12.3 Å². The van der Waals surface area contributed by atoms with E-state index in [9.17, 15) is 0 Å². The molecule has 0 heterocycles. The van der Waals surface area contributed by atoms with E-state index < -0.39 is 0 Å². The number of nitrogens with zero attached hydrogens (tertiary/aromatic N) is 1. The smallest absolute Gasteiger partial charge is 0.188 e. The maximum atomic E-state index is 5.72. The summed E-state index contributed by atoms with van der Waals surface area (Å²) >= 11 is 1.81. The Morgan fingerprint density at radius 2 is 2.12 bits per heavy atom. The van der Waals surface area contributed by atoms with Gasteiger partial charge in [0.05, 0.1) is 6.54 Å². The van der Waals surface area contributed by atoms with E-state index in [1.165, 1.54) is 17.7 Å². The summed E-state index contributed by atoms with van der Waals surface area (Å²) in [5.74, 6) is 1.56. The fourth-order valence-corrected chi connectivity index (χ4v) is 2.10. The molecule has 86 valence electrons. The first kappa shape index (κ1) is 11.3. The molecule has 0 aliphatic heterocycles. The molecule has 4 heteroatoms. The number of nitrogens with two attached hydrogens (primary N) is 1. The largest absolute Gasteiger partial charge is 0.370 e. The number of rotatable bonds is 5. The Morgan fingerprint density at radius 3 is 2.81 bits per heavy atom. The Labute approximate surface area is 101 Å². The fourth-order valence-electron chi connectivity index (χ4n) is 1.33. The summed E-state index contributed by atoms with van der Waals surface area (Å²) < 4.78 is 0. The van der Waals surface area contributed by atoms with Gasteiger partial charge in [0.1, 0.15) is 0 Å². The summed E-state index contributed by atoms with van der Waals surface area (Å²) in [7, 11) is 0. The normalized spacial score (nSPS) is 16.1. The molecule has 0 spiro atoms. The minimum absolute atomic E-state index is 0.588. The van der Waals surface area contributed by atoms with Crippen molar-refractivity contribution in [1.82, 2.24) is 5.32 Å². The lowest BCUT2D eigenvalue weighted by atomic mass is 10.4. The predicted octanol–water partition coefficient (Wildman–Crippen LogP) is 1.85. The van der Waals surface area contributed by atoms with Crippen LogP contribution < -0.4 is 11.1 Å². The van der Waals surface area contributed by atoms with Crippen LogP contribution in [-0.4, -0.2) is 24.3 Å². The molecule has 1 aromatic carbocycles. The van der Waals surface area contributed by atoms with Gasteiger partial charge in [0.25, 0.3) is 0 Å². The lowest BCUT2D eigenvalue weighted by Crippen LogP contribution is -2.33. The minimum atomic E-state index is 0.588. The summed E-state index contributed by atoms with van der Waals surface area (Å²) in [6, 6.07) is 10.9. The minimum Gasteiger partial charge on any atom is -0.370 e. The second-order valence-electron chi connectivity index (χ2n) is 3.85. The summed E-state index contributed by atoms with van der Waals surface area (Å²) in [5.41, 5.74) is 5.72. The van der Waals surface area contributed by atoms with E-state index in [1.54, 1.807) is 11.8 Å². The molecule has 0 amide bonds. The van der Waals surface area contributed by atoms with Crippen molar-refractivity contribution in [2.45, 2.75) is 23.8 Å². The molecule has 3 nitrogen and oxygen atoms in total. The highest BCUT2D eigenvalue weighted by Crippen LogP contribution is 2.18. The number of benzene rings is 1. The van der Waals surface area contributed by atoms with Gasteiger partial charge in [0, 0.05) is 16.7 Å². The quantitative estimate of drug-likeness (QED) is 0.354. The first-order valence-corrected chi connectivity index (χ1v) is 6.57. The van der Waals surface area contributed by atoms with Gasteiger partial charge in [0.2, 0.25) is 0 Å². The molecule has 0 aromatic heterocycles. The molecule has 3 N–H and O–H groups in total. The summed E-state index contributed by atoms with van der Waals surface area (Å²) in [4.78, 5) is 5.57. The molecule has 0 radical (unpaired) electrons. The van der Waals surface area contributed by atoms with Gasteiger partial charge < -0.3 is 11.1 Å². The van der Waals surface area contributed by atoms with Gasteiger partial charge >= 0.3 is 0 Å². The molecule has 0 unspecified atom stereocenters. The molecule has 16 heavy (non-hydrogen) atoms. The zero-order valence-corrected chi connectivity index (χ0v) is 10.0. The Morgan fingerprint density at radius 1 is 1.38 bits per heavy atom. The third-order valence-corrected chi connectivity index (χ3v) is 3.31. The van der Waals surface area contributed by atoms with Crippen LogP contribution in [-0.2, 0) is 0 Å². The Balaban J connectivity index is 1.64. The lowest BCUT2D eigenvalue weighted by molar-refractivity contribution is 0.886. The predicted molar refractivity (Wildman–Crippen MR) is 69.8 cm³/mol. The zero-order chi connectivity index (χ0) is 11.2. The van der Waals surface area contributed by atoms with Crippen LogP contribution in [0.1, 0.15) is 12.8 Å². The number of hydrogen-bond donors (Lipinski definition) is 2. The monoisotopic (exact) mass is 235 g/mol. The molecular formula is C12H17N3S. The van der Waals surface area contributed by atoms with Crippen LogP contribution >= 0.6 is 11.8 Å². The third kappa shape index (κ3) is 4.14. The summed E-state index contributed by atoms with van der Waals surface area (Å²) in [5, 5.41) is 3.17. The second kappa shape index (κ2) is 5.80. The summed E-state index contributed by atoms with van der Waals surface area (Å²) in [6.45, 7) is 0.769. The van der Waals surface area contributed by atoms with Crippen molar-refractivity contribution < 1.29 is 0 Å². The van der Waals surface area contributed by atoms with Crippen LogP contribution in [0.2, 0.25) is 0 Å². The Kier molecular flexibility index (Phi) is 4.10. The van der Waals surface area contributed by atoms with Crippen LogP contribution in [0.3, 0.4) is 0 Å². The van der Waals surface area contributed by atoms with Crippen molar-refractivity contribution in [2.24, 2.45) is 10.7 Å².